The molecule has 0 aromatic heterocycles. The van der Waals surface area contributed by atoms with Crippen LogP contribution in [0.2, 0.25) is 0 Å². The first-order valence-corrected chi connectivity index (χ1v) is 6.33. The maximum absolute atomic E-state index is 11.5. The first-order valence-electron chi connectivity index (χ1n) is 6.33. The number of hydrogen-bond acceptors (Lipinski definition) is 3. The summed E-state index contributed by atoms with van der Waals surface area (Å²) in [4.78, 5) is 11.5. The fraction of sp³-hybridized carbons (Fsp3) is 0.400. The topological polar surface area (TPSA) is 46.5 Å². The van der Waals surface area contributed by atoms with Crippen molar-refractivity contribution in [3.05, 3.63) is 35.4 Å². The quantitative estimate of drug-likeness (QED) is 0.812. The summed E-state index contributed by atoms with van der Waals surface area (Å²) in [7, 11) is 1.36. The molecule has 0 fully saturated rings. The average Bonchev–Trinajstić information content (AvgIpc) is 2.67. The van der Waals surface area contributed by atoms with Crippen molar-refractivity contribution in [2.45, 2.75) is 32.1 Å². The van der Waals surface area contributed by atoms with Gasteiger partial charge in [-0.2, -0.15) is 0 Å². The molecule has 1 N–H and O–H groups in total. The number of phenolic OH excluding ortho intramolecular Hbond substituents is 1. The van der Waals surface area contributed by atoms with Crippen molar-refractivity contribution in [2.24, 2.45) is 0 Å². The monoisotopic (exact) mass is 246 g/mol. The highest BCUT2D eigenvalue weighted by Gasteiger charge is 2.13. The molecule has 0 radical (unpaired) electrons. The number of rotatable bonds is 2. The van der Waals surface area contributed by atoms with E-state index in [9.17, 15) is 9.90 Å². The van der Waals surface area contributed by atoms with Crippen LogP contribution in [0.15, 0.2) is 24.3 Å². The van der Waals surface area contributed by atoms with Gasteiger partial charge in [-0.1, -0.05) is 12.5 Å². The summed E-state index contributed by atoms with van der Waals surface area (Å²) < 4.78 is 4.70. The van der Waals surface area contributed by atoms with Crippen LogP contribution < -0.4 is 0 Å². The van der Waals surface area contributed by atoms with Crippen LogP contribution in [0.1, 0.15) is 48.0 Å². The fourth-order valence-corrected chi connectivity index (χ4v) is 2.30. The first kappa shape index (κ1) is 12.7. The highest BCUT2D eigenvalue weighted by atomic mass is 16.5. The second-order valence-corrected chi connectivity index (χ2v) is 4.55. The van der Waals surface area contributed by atoms with Crippen LogP contribution in [0, 0.1) is 0 Å². The van der Waals surface area contributed by atoms with Crippen LogP contribution in [0.5, 0.6) is 5.75 Å². The molecule has 2 rings (SSSR count). The second kappa shape index (κ2) is 5.71. The van der Waals surface area contributed by atoms with Crippen molar-refractivity contribution in [3.8, 4) is 5.75 Å². The highest BCUT2D eigenvalue weighted by Crippen LogP contribution is 2.32. The van der Waals surface area contributed by atoms with Crippen molar-refractivity contribution < 1.29 is 14.6 Å². The van der Waals surface area contributed by atoms with Crippen LogP contribution in [-0.2, 0) is 4.74 Å². The first-order chi connectivity index (χ1) is 8.72. The molecule has 18 heavy (non-hydrogen) atoms. The Labute approximate surface area is 107 Å². The van der Waals surface area contributed by atoms with Crippen LogP contribution in [0.3, 0.4) is 0 Å². The van der Waals surface area contributed by atoms with Gasteiger partial charge < -0.3 is 9.84 Å². The summed E-state index contributed by atoms with van der Waals surface area (Å²) in [6, 6.07) is 4.87. The number of esters is 1. The number of carbonyl (C=O) groups is 1. The molecule has 3 heteroatoms. The summed E-state index contributed by atoms with van der Waals surface area (Å²) in [6.45, 7) is 0. The Morgan fingerprint density at radius 1 is 1.28 bits per heavy atom. The molecule has 1 aromatic rings. The molecule has 0 saturated heterocycles. The lowest BCUT2D eigenvalue weighted by Gasteiger charge is -2.10. The molecule has 0 amide bonds. The number of ether oxygens (including phenoxy) is 1. The van der Waals surface area contributed by atoms with Gasteiger partial charge in [0.25, 0.3) is 0 Å². The SMILES string of the molecule is COC(=O)c1ccc(O)c(C2=CCCCCC2)c1. The van der Waals surface area contributed by atoms with Crippen LogP contribution in [0.4, 0.5) is 0 Å². The summed E-state index contributed by atoms with van der Waals surface area (Å²) in [5, 5.41) is 9.94. The van der Waals surface area contributed by atoms with Crippen LogP contribution in [-0.4, -0.2) is 18.2 Å². The van der Waals surface area contributed by atoms with E-state index in [1.165, 1.54) is 20.0 Å². The normalized spacial score (nSPS) is 15.7. The number of carbonyl (C=O) groups excluding carboxylic acids is 1. The molecule has 0 unspecified atom stereocenters. The van der Waals surface area contributed by atoms with Gasteiger partial charge in [0.1, 0.15) is 5.75 Å². The molecule has 1 aliphatic carbocycles. The van der Waals surface area contributed by atoms with E-state index < -0.39 is 0 Å². The van der Waals surface area contributed by atoms with Gasteiger partial charge in [-0.25, -0.2) is 4.79 Å². The zero-order valence-corrected chi connectivity index (χ0v) is 10.6. The number of hydrogen-bond donors (Lipinski definition) is 1. The molecule has 0 saturated carbocycles. The maximum Gasteiger partial charge on any atom is 0.337 e. The van der Waals surface area contributed by atoms with E-state index >= 15 is 0 Å². The molecule has 0 heterocycles. The molecule has 0 atom stereocenters. The Morgan fingerprint density at radius 3 is 2.89 bits per heavy atom. The van der Waals surface area contributed by atoms with Gasteiger partial charge in [0.2, 0.25) is 0 Å². The van der Waals surface area contributed by atoms with Crippen molar-refractivity contribution >= 4 is 11.5 Å². The Kier molecular flexibility index (Phi) is 4.03. The summed E-state index contributed by atoms with van der Waals surface area (Å²) in [5.41, 5.74) is 2.38. The minimum absolute atomic E-state index is 0.232. The molecular formula is C15H18O3. The van der Waals surface area contributed by atoms with E-state index in [0.29, 0.717) is 5.56 Å². The Hall–Kier alpha value is -1.77. The van der Waals surface area contributed by atoms with Gasteiger partial charge in [0, 0.05) is 5.56 Å². The van der Waals surface area contributed by atoms with Crippen LogP contribution >= 0.6 is 0 Å². The predicted octanol–water partition coefficient (Wildman–Crippen LogP) is 3.53. The van der Waals surface area contributed by atoms with Gasteiger partial charge in [-0.3, -0.25) is 0 Å². The van der Waals surface area contributed by atoms with Crippen molar-refractivity contribution in [3.63, 3.8) is 0 Å². The third-order valence-electron chi connectivity index (χ3n) is 3.30. The Bertz CT molecular complexity index is 475. The number of phenols is 1. The molecule has 1 aromatic carbocycles. The molecular weight excluding hydrogens is 228 g/mol. The number of methoxy groups -OCH3 is 1. The Balaban J connectivity index is 2.36. The smallest absolute Gasteiger partial charge is 0.337 e. The predicted molar refractivity (Wildman–Crippen MR) is 70.5 cm³/mol. The van der Waals surface area contributed by atoms with E-state index in [4.69, 9.17) is 4.74 Å². The zero-order chi connectivity index (χ0) is 13.0. The average molecular weight is 246 g/mol. The number of aromatic hydroxyl groups is 1. The van der Waals surface area contributed by atoms with E-state index in [-0.39, 0.29) is 11.7 Å². The summed E-state index contributed by atoms with van der Waals surface area (Å²) >= 11 is 0. The Morgan fingerprint density at radius 2 is 2.11 bits per heavy atom. The largest absolute Gasteiger partial charge is 0.507 e. The number of allylic oxidation sites excluding steroid dienone is 2. The van der Waals surface area contributed by atoms with E-state index in [1.54, 1.807) is 18.2 Å². The molecule has 0 bridgehead atoms. The lowest BCUT2D eigenvalue weighted by Crippen LogP contribution is -2.01. The zero-order valence-electron chi connectivity index (χ0n) is 10.6. The van der Waals surface area contributed by atoms with Crippen molar-refractivity contribution in [2.75, 3.05) is 7.11 Å². The molecule has 96 valence electrons. The van der Waals surface area contributed by atoms with Crippen molar-refractivity contribution in [1.29, 1.82) is 0 Å². The lowest BCUT2D eigenvalue weighted by molar-refractivity contribution is 0.0600. The number of benzene rings is 1. The third-order valence-corrected chi connectivity index (χ3v) is 3.30. The van der Waals surface area contributed by atoms with Gasteiger partial charge in [0.15, 0.2) is 0 Å². The second-order valence-electron chi connectivity index (χ2n) is 4.55. The van der Waals surface area contributed by atoms with Crippen molar-refractivity contribution in [1.82, 2.24) is 0 Å². The van der Waals surface area contributed by atoms with E-state index in [1.807, 2.05) is 0 Å². The molecule has 0 aliphatic heterocycles. The van der Waals surface area contributed by atoms with E-state index in [2.05, 4.69) is 6.08 Å². The summed E-state index contributed by atoms with van der Waals surface area (Å²) in [5.74, 6) is -0.138. The molecule has 0 spiro atoms. The standard InChI is InChI=1S/C15H18O3/c1-18-15(17)12-8-9-14(16)13(10-12)11-6-4-2-3-5-7-11/h6,8-10,16H,2-5,7H2,1H3. The van der Waals surface area contributed by atoms with Gasteiger partial charge in [-0.05, 0) is 49.5 Å². The minimum Gasteiger partial charge on any atom is -0.507 e. The van der Waals surface area contributed by atoms with Gasteiger partial charge in [0.05, 0.1) is 12.7 Å². The summed E-state index contributed by atoms with van der Waals surface area (Å²) in [6.07, 6.45) is 7.71. The van der Waals surface area contributed by atoms with Gasteiger partial charge >= 0.3 is 5.97 Å². The maximum atomic E-state index is 11.5. The third kappa shape index (κ3) is 2.73. The highest BCUT2D eigenvalue weighted by molar-refractivity contribution is 5.91. The fourth-order valence-electron chi connectivity index (χ4n) is 2.30. The van der Waals surface area contributed by atoms with Crippen LogP contribution in [0.25, 0.3) is 5.57 Å². The minimum atomic E-state index is -0.370. The van der Waals surface area contributed by atoms with E-state index in [0.717, 1.165) is 30.4 Å². The molecule has 1 aliphatic rings. The lowest BCUT2D eigenvalue weighted by atomic mass is 9.98. The molecule has 3 nitrogen and oxygen atoms in total. The van der Waals surface area contributed by atoms with Gasteiger partial charge in [-0.15, -0.1) is 0 Å².